The van der Waals surface area contributed by atoms with Crippen LogP contribution in [0.15, 0.2) is 4.79 Å². The maximum atomic E-state index is 11.9. The molecule has 1 N–H and O–H groups in total. The standard InChI is InChI=1S/C11H14N2OS2/c1-4-15-5-8-12-10(14)9-6(2)7(3)16-11(9)13-8/h4-5H2,1-3H3,(H,12,13,14). The number of aryl methyl sites for hydroxylation is 2. The lowest BCUT2D eigenvalue weighted by molar-refractivity contribution is 1.04. The van der Waals surface area contributed by atoms with E-state index in [1.807, 2.05) is 13.8 Å². The minimum atomic E-state index is -0.00134. The fraction of sp³-hybridized carbons (Fsp3) is 0.455. The molecule has 0 spiro atoms. The number of fused-ring (bicyclic) bond motifs is 1. The van der Waals surface area contributed by atoms with Gasteiger partial charge in [-0.2, -0.15) is 11.8 Å². The molecule has 0 amide bonds. The molecular formula is C11H14N2OS2. The Morgan fingerprint density at radius 3 is 2.88 bits per heavy atom. The molecule has 2 aromatic rings. The molecule has 0 fully saturated rings. The van der Waals surface area contributed by atoms with Gasteiger partial charge in [-0.3, -0.25) is 4.79 Å². The van der Waals surface area contributed by atoms with Gasteiger partial charge in [0.25, 0.3) is 5.56 Å². The number of aromatic amines is 1. The molecule has 0 aliphatic carbocycles. The second kappa shape index (κ2) is 4.59. The molecule has 5 heteroatoms. The van der Waals surface area contributed by atoms with Gasteiger partial charge in [-0.25, -0.2) is 4.98 Å². The van der Waals surface area contributed by atoms with Gasteiger partial charge in [-0.15, -0.1) is 11.3 Å². The van der Waals surface area contributed by atoms with Crippen molar-refractivity contribution in [3.8, 4) is 0 Å². The van der Waals surface area contributed by atoms with E-state index in [1.54, 1.807) is 23.1 Å². The zero-order valence-electron chi connectivity index (χ0n) is 9.59. The van der Waals surface area contributed by atoms with E-state index in [-0.39, 0.29) is 5.56 Å². The van der Waals surface area contributed by atoms with E-state index in [4.69, 9.17) is 0 Å². The fourth-order valence-corrected chi connectivity index (χ4v) is 3.15. The predicted molar refractivity (Wildman–Crippen MR) is 71.6 cm³/mol. The lowest BCUT2D eigenvalue weighted by atomic mass is 10.2. The molecular weight excluding hydrogens is 240 g/mol. The van der Waals surface area contributed by atoms with Crippen LogP contribution in [0, 0.1) is 13.8 Å². The molecule has 0 radical (unpaired) electrons. The highest BCUT2D eigenvalue weighted by Crippen LogP contribution is 2.26. The molecule has 86 valence electrons. The first-order valence-corrected chi connectivity index (χ1v) is 7.17. The Morgan fingerprint density at radius 1 is 1.44 bits per heavy atom. The van der Waals surface area contributed by atoms with Crippen molar-refractivity contribution in [2.75, 3.05) is 5.75 Å². The number of thiophene rings is 1. The molecule has 16 heavy (non-hydrogen) atoms. The van der Waals surface area contributed by atoms with Crippen molar-refractivity contribution in [3.63, 3.8) is 0 Å². The lowest BCUT2D eigenvalue weighted by Gasteiger charge is -1.99. The summed E-state index contributed by atoms with van der Waals surface area (Å²) in [5, 5.41) is 0.757. The van der Waals surface area contributed by atoms with Gasteiger partial charge in [0.1, 0.15) is 10.7 Å². The van der Waals surface area contributed by atoms with Crippen LogP contribution in [-0.4, -0.2) is 15.7 Å². The van der Waals surface area contributed by atoms with Crippen molar-refractivity contribution in [2.45, 2.75) is 26.5 Å². The van der Waals surface area contributed by atoms with Crippen LogP contribution in [0.5, 0.6) is 0 Å². The topological polar surface area (TPSA) is 45.8 Å². The van der Waals surface area contributed by atoms with Crippen molar-refractivity contribution >= 4 is 33.3 Å². The number of hydrogen-bond acceptors (Lipinski definition) is 4. The third kappa shape index (κ3) is 2.01. The number of H-pyrrole nitrogens is 1. The highest BCUT2D eigenvalue weighted by atomic mass is 32.2. The van der Waals surface area contributed by atoms with E-state index in [0.717, 1.165) is 33.1 Å². The van der Waals surface area contributed by atoms with E-state index < -0.39 is 0 Å². The summed E-state index contributed by atoms with van der Waals surface area (Å²) in [6.07, 6.45) is 0. The van der Waals surface area contributed by atoms with Crippen molar-refractivity contribution in [3.05, 3.63) is 26.6 Å². The van der Waals surface area contributed by atoms with Gasteiger partial charge in [0.05, 0.1) is 11.1 Å². The normalized spacial score (nSPS) is 11.2. The minimum Gasteiger partial charge on any atom is -0.309 e. The van der Waals surface area contributed by atoms with Gasteiger partial charge in [0.15, 0.2) is 0 Å². The number of nitrogens with zero attached hydrogens (tertiary/aromatic N) is 1. The maximum Gasteiger partial charge on any atom is 0.259 e. The predicted octanol–water partition coefficient (Wildman–Crippen LogP) is 2.85. The number of rotatable bonds is 3. The zero-order valence-corrected chi connectivity index (χ0v) is 11.2. The Morgan fingerprint density at radius 2 is 2.19 bits per heavy atom. The summed E-state index contributed by atoms with van der Waals surface area (Å²) in [5.74, 6) is 2.59. The molecule has 0 saturated carbocycles. The smallest absolute Gasteiger partial charge is 0.259 e. The molecule has 0 saturated heterocycles. The van der Waals surface area contributed by atoms with Gasteiger partial charge in [-0.1, -0.05) is 6.92 Å². The van der Waals surface area contributed by atoms with E-state index in [0.29, 0.717) is 0 Å². The van der Waals surface area contributed by atoms with Crippen molar-refractivity contribution in [1.29, 1.82) is 0 Å². The Bertz CT molecular complexity index is 571. The van der Waals surface area contributed by atoms with Crippen LogP contribution in [0.1, 0.15) is 23.2 Å². The SMILES string of the molecule is CCSCc1nc2sc(C)c(C)c2c(=O)[nH]1. The summed E-state index contributed by atoms with van der Waals surface area (Å²) in [6, 6.07) is 0. The van der Waals surface area contributed by atoms with Crippen LogP contribution in [0.3, 0.4) is 0 Å². The molecule has 0 unspecified atom stereocenters. The van der Waals surface area contributed by atoms with Gasteiger partial charge in [-0.05, 0) is 25.2 Å². The van der Waals surface area contributed by atoms with Crippen LogP contribution in [0.25, 0.3) is 10.2 Å². The second-order valence-corrected chi connectivity index (χ2v) is 6.09. The summed E-state index contributed by atoms with van der Waals surface area (Å²) < 4.78 is 0. The first kappa shape index (κ1) is 11.7. The Kier molecular flexibility index (Phi) is 3.35. The number of nitrogens with one attached hydrogen (secondary N) is 1. The first-order chi connectivity index (χ1) is 7.63. The summed E-state index contributed by atoms with van der Waals surface area (Å²) in [7, 11) is 0. The summed E-state index contributed by atoms with van der Waals surface area (Å²) in [4.78, 5) is 21.3. The molecule has 2 rings (SSSR count). The Hall–Kier alpha value is -0.810. The van der Waals surface area contributed by atoms with Crippen molar-refractivity contribution in [2.24, 2.45) is 0 Å². The minimum absolute atomic E-state index is 0.00134. The molecule has 0 aliphatic rings. The largest absolute Gasteiger partial charge is 0.309 e. The summed E-state index contributed by atoms with van der Waals surface area (Å²) in [5.41, 5.74) is 1.06. The lowest BCUT2D eigenvalue weighted by Crippen LogP contribution is -2.10. The highest BCUT2D eigenvalue weighted by Gasteiger charge is 2.11. The van der Waals surface area contributed by atoms with Gasteiger partial charge in [0.2, 0.25) is 0 Å². The third-order valence-corrected chi connectivity index (χ3v) is 4.52. The average molecular weight is 254 g/mol. The molecule has 0 aromatic carbocycles. The number of thioether (sulfide) groups is 1. The monoisotopic (exact) mass is 254 g/mol. The van der Waals surface area contributed by atoms with Crippen LogP contribution >= 0.6 is 23.1 Å². The highest BCUT2D eigenvalue weighted by molar-refractivity contribution is 7.98. The molecule has 2 aromatic heterocycles. The molecule has 0 bridgehead atoms. The summed E-state index contributed by atoms with van der Waals surface area (Å²) in [6.45, 7) is 6.11. The molecule has 0 atom stereocenters. The van der Waals surface area contributed by atoms with Gasteiger partial charge in [0, 0.05) is 4.88 Å². The fourth-order valence-electron chi connectivity index (χ4n) is 1.57. The third-order valence-electron chi connectivity index (χ3n) is 2.53. The maximum absolute atomic E-state index is 11.9. The van der Waals surface area contributed by atoms with E-state index in [9.17, 15) is 4.79 Å². The molecule has 0 aliphatic heterocycles. The van der Waals surface area contributed by atoms with Gasteiger partial charge >= 0.3 is 0 Å². The van der Waals surface area contributed by atoms with E-state index in [1.165, 1.54) is 4.88 Å². The molecule has 2 heterocycles. The van der Waals surface area contributed by atoms with Crippen LogP contribution in [-0.2, 0) is 5.75 Å². The quantitative estimate of drug-likeness (QED) is 0.916. The Balaban J connectivity index is 2.55. The van der Waals surface area contributed by atoms with E-state index >= 15 is 0 Å². The first-order valence-electron chi connectivity index (χ1n) is 5.20. The van der Waals surface area contributed by atoms with Crippen LogP contribution < -0.4 is 5.56 Å². The van der Waals surface area contributed by atoms with Crippen LogP contribution in [0.4, 0.5) is 0 Å². The second-order valence-electron chi connectivity index (χ2n) is 3.61. The summed E-state index contributed by atoms with van der Waals surface area (Å²) >= 11 is 3.36. The number of hydrogen-bond donors (Lipinski definition) is 1. The average Bonchev–Trinajstić information content (AvgIpc) is 2.52. The van der Waals surface area contributed by atoms with Crippen molar-refractivity contribution < 1.29 is 0 Å². The van der Waals surface area contributed by atoms with Gasteiger partial charge < -0.3 is 4.98 Å². The Labute approximate surface area is 102 Å². The zero-order chi connectivity index (χ0) is 11.7. The van der Waals surface area contributed by atoms with Crippen molar-refractivity contribution in [1.82, 2.24) is 9.97 Å². The molecule has 3 nitrogen and oxygen atoms in total. The number of aromatic nitrogens is 2. The van der Waals surface area contributed by atoms with Crippen LogP contribution in [0.2, 0.25) is 0 Å². The van der Waals surface area contributed by atoms with E-state index in [2.05, 4.69) is 16.9 Å².